The number of ether oxygens (including phenoxy) is 3. The molecule has 0 saturated heterocycles. The van der Waals surface area contributed by atoms with Crippen molar-refractivity contribution in [3.05, 3.63) is 97.5 Å². The van der Waals surface area contributed by atoms with Gasteiger partial charge >= 0.3 is 0 Å². The number of amidine groups is 2. The number of methoxy groups -OCH3 is 1. The van der Waals surface area contributed by atoms with Crippen molar-refractivity contribution in [3.8, 4) is 17.2 Å². The topological polar surface area (TPSA) is 84.2 Å². The van der Waals surface area contributed by atoms with Crippen LogP contribution in [0.1, 0.15) is 22.3 Å². The van der Waals surface area contributed by atoms with Crippen LogP contribution in [0.4, 0.5) is 0 Å². The van der Waals surface area contributed by atoms with Gasteiger partial charge in [0.25, 0.3) is 5.91 Å². The van der Waals surface area contributed by atoms with Crippen molar-refractivity contribution >= 4 is 63.0 Å². The zero-order valence-electron chi connectivity index (χ0n) is 21.7. The molecule has 7 nitrogen and oxygen atoms in total. The molecule has 198 valence electrons. The number of nitrogens with one attached hydrogen (secondary N) is 1. The average Bonchev–Trinajstić information content (AvgIpc) is 3.33. The molecule has 0 radical (unpaired) electrons. The molecular formula is C30H26IN3O4S. The van der Waals surface area contributed by atoms with Crippen molar-refractivity contribution in [1.29, 1.82) is 5.41 Å². The molecule has 0 unspecified atom stereocenters. The summed E-state index contributed by atoms with van der Waals surface area (Å²) in [5, 5.41) is 11.3. The number of rotatable bonds is 8. The van der Waals surface area contributed by atoms with Gasteiger partial charge < -0.3 is 14.2 Å². The highest BCUT2D eigenvalue weighted by Gasteiger charge is 2.36. The van der Waals surface area contributed by atoms with Crippen molar-refractivity contribution in [3.63, 3.8) is 0 Å². The van der Waals surface area contributed by atoms with E-state index in [1.54, 1.807) is 24.2 Å². The minimum atomic E-state index is -0.445. The Balaban J connectivity index is 1.33. The summed E-state index contributed by atoms with van der Waals surface area (Å²) < 4.78 is 18.3. The molecule has 0 aromatic heterocycles. The number of aryl methyl sites for hydroxylation is 2. The Labute approximate surface area is 245 Å². The molecular weight excluding hydrogens is 625 g/mol. The molecule has 2 aliphatic heterocycles. The summed E-state index contributed by atoms with van der Waals surface area (Å²) in [5.74, 6) is 1.58. The minimum Gasteiger partial charge on any atom is -0.493 e. The standard InChI is InChI=1S/C30H26IN3O4S/c1-18-11-19(2)13-22(12-18)37-9-10-38-27-24(31)15-20(16-26(27)36-3)14-23-28(32)34-25(21-7-5-4-6-8-21)17-39-30(34)33-29(23)35/h4-8,11-17,32H,9-10H2,1-3H3/b23-14-,32-28?. The van der Waals surface area contributed by atoms with Gasteiger partial charge in [-0.25, -0.2) is 0 Å². The highest BCUT2D eigenvalue weighted by molar-refractivity contribution is 14.1. The first-order valence-corrected chi connectivity index (χ1v) is 14.2. The molecule has 5 rings (SSSR count). The number of nitrogens with zero attached hydrogens (tertiary/aromatic N) is 2. The second kappa shape index (κ2) is 11.7. The number of fused-ring (bicyclic) bond motifs is 1. The highest BCUT2D eigenvalue weighted by Crippen LogP contribution is 2.38. The molecule has 0 aliphatic carbocycles. The fourth-order valence-corrected chi connectivity index (χ4v) is 6.03. The van der Waals surface area contributed by atoms with Crippen molar-refractivity contribution < 1.29 is 19.0 Å². The molecule has 9 heteroatoms. The molecule has 0 fully saturated rings. The number of carbonyl (C=O) groups excluding carboxylic acids is 1. The van der Waals surface area contributed by atoms with E-state index in [9.17, 15) is 4.79 Å². The number of benzene rings is 3. The molecule has 0 saturated carbocycles. The summed E-state index contributed by atoms with van der Waals surface area (Å²) in [7, 11) is 1.57. The molecule has 3 aromatic rings. The van der Waals surface area contributed by atoms with E-state index in [4.69, 9.17) is 19.6 Å². The van der Waals surface area contributed by atoms with Gasteiger partial charge in [0.2, 0.25) is 0 Å². The first-order chi connectivity index (χ1) is 18.8. The van der Waals surface area contributed by atoms with Gasteiger partial charge in [0.15, 0.2) is 16.7 Å². The molecule has 39 heavy (non-hydrogen) atoms. The minimum absolute atomic E-state index is 0.0861. The van der Waals surface area contributed by atoms with E-state index in [0.29, 0.717) is 35.4 Å². The third-order valence-electron chi connectivity index (χ3n) is 6.04. The van der Waals surface area contributed by atoms with E-state index in [0.717, 1.165) is 31.7 Å². The number of carbonyl (C=O) groups is 1. The van der Waals surface area contributed by atoms with E-state index in [1.165, 1.54) is 11.8 Å². The number of halogens is 1. The quantitative estimate of drug-likeness (QED) is 0.166. The van der Waals surface area contributed by atoms with Gasteiger partial charge in [-0.05, 0) is 89.0 Å². The van der Waals surface area contributed by atoms with Gasteiger partial charge in [-0.1, -0.05) is 48.2 Å². The summed E-state index contributed by atoms with van der Waals surface area (Å²) in [5.41, 5.74) is 4.98. The summed E-state index contributed by atoms with van der Waals surface area (Å²) in [6.45, 7) is 4.79. The SMILES string of the molecule is COc1cc(/C=C2/C(=N)N3C(c4ccccc4)=CSC3=NC2=O)cc(I)c1OCCOc1cc(C)cc(C)c1. The maximum Gasteiger partial charge on any atom is 0.283 e. The molecule has 2 heterocycles. The van der Waals surface area contributed by atoms with Crippen LogP contribution in [-0.4, -0.2) is 42.1 Å². The second-order valence-corrected chi connectivity index (χ2v) is 11.0. The van der Waals surface area contributed by atoms with E-state index in [1.807, 2.05) is 67.8 Å². The lowest BCUT2D eigenvalue weighted by Crippen LogP contribution is -2.38. The summed E-state index contributed by atoms with van der Waals surface area (Å²) in [6, 6.07) is 19.6. The fraction of sp³-hybridized carbons (Fsp3) is 0.167. The fourth-order valence-electron chi connectivity index (χ4n) is 4.36. The van der Waals surface area contributed by atoms with Gasteiger partial charge in [0.05, 0.1) is 22.0 Å². The van der Waals surface area contributed by atoms with Crippen molar-refractivity contribution in [2.45, 2.75) is 13.8 Å². The molecule has 0 bridgehead atoms. The Hall–Kier alpha value is -3.57. The van der Waals surface area contributed by atoms with E-state index in [-0.39, 0.29) is 11.4 Å². The maximum atomic E-state index is 12.9. The first-order valence-electron chi connectivity index (χ1n) is 12.2. The Morgan fingerprint density at radius 1 is 1.03 bits per heavy atom. The second-order valence-electron chi connectivity index (χ2n) is 8.98. The van der Waals surface area contributed by atoms with Gasteiger partial charge in [0, 0.05) is 5.41 Å². The van der Waals surface area contributed by atoms with Crippen LogP contribution in [0.3, 0.4) is 0 Å². The molecule has 0 atom stereocenters. The monoisotopic (exact) mass is 651 g/mol. The normalized spacial score (nSPS) is 15.7. The molecule has 1 amide bonds. The zero-order chi connectivity index (χ0) is 27.5. The third kappa shape index (κ3) is 5.89. The average molecular weight is 652 g/mol. The van der Waals surface area contributed by atoms with Crippen molar-refractivity contribution in [2.24, 2.45) is 4.99 Å². The Bertz CT molecular complexity index is 1530. The summed E-state index contributed by atoms with van der Waals surface area (Å²) >= 11 is 3.53. The van der Waals surface area contributed by atoms with Gasteiger partial charge in [-0.3, -0.25) is 15.1 Å². The van der Waals surface area contributed by atoms with E-state index in [2.05, 4.69) is 33.6 Å². The molecule has 3 aromatic carbocycles. The largest absolute Gasteiger partial charge is 0.493 e. The zero-order valence-corrected chi connectivity index (χ0v) is 24.6. The van der Waals surface area contributed by atoms with Crippen molar-refractivity contribution in [2.75, 3.05) is 20.3 Å². The smallest absolute Gasteiger partial charge is 0.283 e. The summed E-state index contributed by atoms with van der Waals surface area (Å²) in [4.78, 5) is 18.9. The molecule has 2 aliphatic rings. The summed E-state index contributed by atoms with van der Waals surface area (Å²) in [6.07, 6.45) is 1.67. The van der Waals surface area contributed by atoms with Crippen LogP contribution in [0, 0.1) is 22.8 Å². The van der Waals surface area contributed by atoms with Crippen LogP contribution < -0.4 is 14.2 Å². The van der Waals surface area contributed by atoms with E-state index >= 15 is 0 Å². The Morgan fingerprint density at radius 3 is 2.46 bits per heavy atom. The van der Waals surface area contributed by atoms with Crippen molar-refractivity contribution in [1.82, 2.24) is 4.90 Å². The predicted octanol–water partition coefficient (Wildman–Crippen LogP) is 6.68. The van der Waals surface area contributed by atoms with Gasteiger partial charge in [-0.2, -0.15) is 4.99 Å². The first kappa shape index (κ1) is 27.0. The van der Waals surface area contributed by atoms with Crippen LogP contribution in [0.25, 0.3) is 11.8 Å². The van der Waals surface area contributed by atoms with Crippen LogP contribution in [-0.2, 0) is 4.79 Å². The van der Waals surface area contributed by atoms with Crippen LogP contribution in [0.15, 0.2) is 76.6 Å². The Morgan fingerprint density at radius 2 is 1.74 bits per heavy atom. The lowest BCUT2D eigenvalue weighted by atomic mass is 10.1. The van der Waals surface area contributed by atoms with Crippen LogP contribution >= 0.6 is 34.4 Å². The number of amides is 1. The van der Waals surface area contributed by atoms with Gasteiger partial charge in [0.1, 0.15) is 24.8 Å². The molecule has 0 spiro atoms. The maximum absolute atomic E-state index is 12.9. The lowest BCUT2D eigenvalue weighted by molar-refractivity contribution is -0.114. The Kier molecular flexibility index (Phi) is 8.08. The highest BCUT2D eigenvalue weighted by atomic mass is 127. The van der Waals surface area contributed by atoms with E-state index < -0.39 is 5.91 Å². The van der Waals surface area contributed by atoms with Crippen LogP contribution in [0.2, 0.25) is 0 Å². The predicted molar refractivity (Wildman–Crippen MR) is 165 cm³/mol. The number of hydrogen-bond acceptors (Lipinski definition) is 6. The molecule has 1 N–H and O–H groups in total. The number of aliphatic imine (C=N–C) groups is 1. The van der Waals surface area contributed by atoms with Crippen LogP contribution in [0.5, 0.6) is 17.2 Å². The number of thioether (sulfide) groups is 1. The lowest BCUT2D eigenvalue weighted by Gasteiger charge is -2.27. The van der Waals surface area contributed by atoms with Gasteiger partial charge in [-0.15, -0.1) is 0 Å². The third-order valence-corrected chi connectivity index (χ3v) is 7.67. The number of hydrogen-bond donors (Lipinski definition) is 1.